The molecule has 0 aliphatic heterocycles. The fourth-order valence-electron chi connectivity index (χ4n) is 1.98. The van der Waals surface area contributed by atoms with Gasteiger partial charge in [-0.2, -0.15) is 0 Å². The van der Waals surface area contributed by atoms with Crippen molar-refractivity contribution in [2.75, 3.05) is 0 Å². The summed E-state index contributed by atoms with van der Waals surface area (Å²) in [5.41, 5.74) is 7.04. The van der Waals surface area contributed by atoms with Gasteiger partial charge < -0.3 is 11.1 Å². The van der Waals surface area contributed by atoms with Crippen LogP contribution in [0.4, 0.5) is 0 Å². The average Bonchev–Trinajstić information content (AvgIpc) is 2.99. The molecular formula is C15H21Cl2N3OS. The van der Waals surface area contributed by atoms with Gasteiger partial charge in [0.2, 0.25) is 5.91 Å². The third-order valence-electron chi connectivity index (χ3n) is 3.11. The van der Waals surface area contributed by atoms with Crippen LogP contribution in [-0.2, 0) is 11.2 Å². The SMILES string of the molecule is CCC(NC(=O)[C@@H](N)Cc1ccccc1)c1nccs1.Cl.Cl. The van der Waals surface area contributed by atoms with Crippen molar-refractivity contribution in [3.05, 3.63) is 52.5 Å². The number of hydrogen-bond acceptors (Lipinski definition) is 4. The molecule has 7 heteroatoms. The second-order valence-corrected chi connectivity index (χ2v) is 5.56. The molecule has 1 heterocycles. The van der Waals surface area contributed by atoms with Crippen molar-refractivity contribution in [3.8, 4) is 0 Å². The van der Waals surface area contributed by atoms with E-state index >= 15 is 0 Å². The van der Waals surface area contributed by atoms with Gasteiger partial charge in [-0.3, -0.25) is 4.79 Å². The third kappa shape index (κ3) is 5.93. The molecule has 0 radical (unpaired) electrons. The van der Waals surface area contributed by atoms with E-state index in [1.165, 1.54) is 0 Å². The van der Waals surface area contributed by atoms with Crippen molar-refractivity contribution in [1.82, 2.24) is 10.3 Å². The lowest BCUT2D eigenvalue weighted by molar-refractivity contribution is -0.123. The van der Waals surface area contributed by atoms with E-state index in [2.05, 4.69) is 10.3 Å². The predicted octanol–water partition coefficient (Wildman–Crippen LogP) is 3.12. The van der Waals surface area contributed by atoms with E-state index in [-0.39, 0.29) is 36.8 Å². The molecule has 2 rings (SSSR count). The molecule has 1 aromatic heterocycles. The molecule has 22 heavy (non-hydrogen) atoms. The fourth-order valence-corrected chi connectivity index (χ4v) is 2.76. The van der Waals surface area contributed by atoms with E-state index in [1.54, 1.807) is 17.5 Å². The van der Waals surface area contributed by atoms with Crippen molar-refractivity contribution in [1.29, 1.82) is 0 Å². The van der Waals surface area contributed by atoms with Gasteiger partial charge in [0, 0.05) is 11.6 Å². The van der Waals surface area contributed by atoms with E-state index in [4.69, 9.17) is 5.73 Å². The van der Waals surface area contributed by atoms with Gasteiger partial charge in [-0.15, -0.1) is 36.2 Å². The number of amides is 1. The predicted molar refractivity (Wildman–Crippen MR) is 95.9 cm³/mol. The largest absolute Gasteiger partial charge is 0.346 e. The van der Waals surface area contributed by atoms with E-state index in [0.717, 1.165) is 17.0 Å². The van der Waals surface area contributed by atoms with Crippen molar-refractivity contribution in [3.63, 3.8) is 0 Å². The lowest BCUT2D eigenvalue weighted by atomic mass is 10.1. The Labute approximate surface area is 147 Å². The lowest BCUT2D eigenvalue weighted by Gasteiger charge is -2.18. The minimum Gasteiger partial charge on any atom is -0.346 e. The number of carbonyl (C=O) groups excluding carboxylic acids is 1. The summed E-state index contributed by atoms with van der Waals surface area (Å²) in [5.74, 6) is -0.129. The van der Waals surface area contributed by atoms with Crippen LogP contribution in [0.2, 0.25) is 0 Å². The molecule has 0 saturated heterocycles. The highest BCUT2D eigenvalue weighted by molar-refractivity contribution is 7.09. The summed E-state index contributed by atoms with van der Waals surface area (Å²) in [6, 6.07) is 9.21. The maximum Gasteiger partial charge on any atom is 0.237 e. The van der Waals surface area contributed by atoms with Crippen molar-refractivity contribution >= 4 is 42.1 Å². The number of nitrogens with one attached hydrogen (secondary N) is 1. The molecule has 0 saturated carbocycles. The van der Waals surface area contributed by atoms with Gasteiger partial charge in [-0.1, -0.05) is 37.3 Å². The number of nitrogens with two attached hydrogens (primary N) is 1. The first kappa shape index (κ1) is 20.9. The lowest BCUT2D eigenvalue weighted by Crippen LogP contribution is -2.43. The number of carbonyl (C=O) groups is 1. The van der Waals surface area contributed by atoms with Crippen LogP contribution in [-0.4, -0.2) is 16.9 Å². The Bertz CT molecular complexity index is 537. The van der Waals surface area contributed by atoms with E-state index < -0.39 is 6.04 Å². The highest BCUT2D eigenvalue weighted by Crippen LogP contribution is 2.18. The van der Waals surface area contributed by atoms with Crippen molar-refractivity contribution in [2.45, 2.75) is 31.8 Å². The average molecular weight is 362 g/mol. The molecule has 0 bridgehead atoms. The summed E-state index contributed by atoms with van der Waals surface area (Å²) in [4.78, 5) is 16.4. The first-order valence-corrected chi connectivity index (χ1v) is 7.58. The van der Waals surface area contributed by atoms with Gasteiger partial charge in [-0.05, 0) is 18.4 Å². The zero-order valence-electron chi connectivity index (χ0n) is 12.3. The number of aromatic nitrogens is 1. The molecule has 0 aliphatic carbocycles. The molecular weight excluding hydrogens is 341 g/mol. The minimum absolute atomic E-state index is 0. The second-order valence-electron chi connectivity index (χ2n) is 4.64. The molecule has 4 nitrogen and oxygen atoms in total. The van der Waals surface area contributed by atoms with Gasteiger partial charge in [-0.25, -0.2) is 4.98 Å². The summed E-state index contributed by atoms with van der Waals surface area (Å²) >= 11 is 1.55. The molecule has 1 unspecified atom stereocenters. The van der Waals surface area contributed by atoms with Crippen LogP contribution in [0.3, 0.4) is 0 Å². The van der Waals surface area contributed by atoms with Gasteiger partial charge >= 0.3 is 0 Å². The van der Waals surface area contributed by atoms with Crippen LogP contribution >= 0.6 is 36.2 Å². The molecule has 122 valence electrons. The standard InChI is InChI=1S/C15H19N3OS.2ClH/c1-2-13(15-17-8-9-20-15)18-14(19)12(16)10-11-6-4-3-5-7-11;;/h3-9,12-13H,2,10,16H2,1H3,(H,18,19);2*1H/t12-,13?;;/m0../s1. The highest BCUT2D eigenvalue weighted by Gasteiger charge is 2.19. The Kier molecular flexibility index (Phi) is 10.0. The van der Waals surface area contributed by atoms with Crippen molar-refractivity contribution in [2.24, 2.45) is 5.73 Å². The van der Waals surface area contributed by atoms with Crippen LogP contribution in [0, 0.1) is 0 Å². The first-order chi connectivity index (χ1) is 9.70. The maximum atomic E-state index is 12.2. The molecule has 2 aromatic rings. The number of halogens is 2. The molecule has 1 amide bonds. The molecule has 0 fully saturated rings. The molecule has 0 spiro atoms. The maximum absolute atomic E-state index is 12.2. The number of benzene rings is 1. The summed E-state index contributed by atoms with van der Waals surface area (Å²) < 4.78 is 0. The molecule has 3 N–H and O–H groups in total. The van der Waals surface area contributed by atoms with Crippen LogP contribution in [0.15, 0.2) is 41.9 Å². The number of thiazole rings is 1. The quantitative estimate of drug-likeness (QED) is 0.830. The van der Waals surface area contributed by atoms with Crippen LogP contribution in [0.5, 0.6) is 0 Å². The number of hydrogen-bond donors (Lipinski definition) is 2. The Morgan fingerprint density at radius 2 is 2.00 bits per heavy atom. The molecule has 2 atom stereocenters. The highest BCUT2D eigenvalue weighted by atomic mass is 35.5. The van der Waals surface area contributed by atoms with Gasteiger partial charge in [0.05, 0.1) is 12.1 Å². The zero-order chi connectivity index (χ0) is 14.4. The Morgan fingerprint density at radius 3 is 2.55 bits per heavy atom. The summed E-state index contributed by atoms with van der Waals surface area (Å²) in [5, 5.41) is 5.81. The first-order valence-electron chi connectivity index (χ1n) is 6.70. The monoisotopic (exact) mass is 361 g/mol. The second kappa shape index (κ2) is 10.6. The van der Waals surface area contributed by atoms with Crippen molar-refractivity contribution < 1.29 is 4.79 Å². The normalized spacial score (nSPS) is 12.5. The Hall–Kier alpha value is -1.14. The third-order valence-corrected chi connectivity index (χ3v) is 4.00. The molecule has 1 aromatic carbocycles. The Balaban J connectivity index is 0.00000220. The number of nitrogens with zero attached hydrogens (tertiary/aromatic N) is 1. The summed E-state index contributed by atoms with van der Waals surface area (Å²) in [7, 11) is 0. The van der Waals surface area contributed by atoms with E-state index in [1.807, 2.05) is 42.6 Å². The Morgan fingerprint density at radius 1 is 1.32 bits per heavy atom. The van der Waals surface area contributed by atoms with E-state index in [9.17, 15) is 4.79 Å². The zero-order valence-corrected chi connectivity index (χ0v) is 14.7. The van der Waals surface area contributed by atoms with E-state index in [0.29, 0.717) is 6.42 Å². The summed E-state index contributed by atoms with van der Waals surface area (Å²) in [6.45, 7) is 2.02. The van der Waals surface area contributed by atoms with Gasteiger partial charge in [0.25, 0.3) is 0 Å². The van der Waals surface area contributed by atoms with Crippen LogP contribution in [0.25, 0.3) is 0 Å². The van der Waals surface area contributed by atoms with Gasteiger partial charge in [0.1, 0.15) is 5.01 Å². The number of rotatable bonds is 6. The van der Waals surface area contributed by atoms with Crippen LogP contribution in [0.1, 0.15) is 30.0 Å². The summed E-state index contributed by atoms with van der Waals surface area (Å²) in [6.07, 6.45) is 3.09. The molecule has 0 aliphatic rings. The topological polar surface area (TPSA) is 68.0 Å². The smallest absolute Gasteiger partial charge is 0.237 e. The van der Waals surface area contributed by atoms with Crippen LogP contribution < -0.4 is 11.1 Å². The fraction of sp³-hybridized carbons (Fsp3) is 0.333. The minimum atomic E-state index is -0.536. The van der Waals surface area contributed by atoms with Gasteiger partial charge in [0.15, 0.2) is 0 Å².